The van der Waals surface area contributed by atoms with Crippen LogP contribution in [-0.4, -0.2) is 38.8 Å². The summed E-state index contributed by atoms with van der Waals surface area (Å²) < 4.78 is 29.2. The van der Waals surface area contributed by atoms with E-state index >= 15 is 0 Å². The summed E-state index contributed by atoms with van der Waals surface area (Å²) in [4.78, 5) is -0.0741. The summed E-state index contributed by atoms with van der Waals surface area (Å²) in [7, 11) is -4.00. The molecule has 0 saturated carbocycles. The van der Waals surface area contributed by atoms with Crippen molar-refractivity contribution in [3.05, 3.63) is 30.3 Å². The van der Waals surface area contributed by atoms with Gasteiger partial charge in [0.25, 0.3) is 10.1 Å². The molecular weight excluding hydrogens is 267 g/mol. The normalized spacial score (nSPS) is 10.3. The van der Waals surface area contributed by atoms with Crippen LogP contribution < -0.4 is 0 Å². The molecule has 0 aromatic heterocycles. The summed E-state index contributed by atoms with van der Waals surface area (Å²) in [5.41, 5.74) is 0. The molecule has 0 amide bonds. The zero-order valence-electron chi connectivity index (χ0n) is 5.06. The maximum atomic E-state index is 10.4. The van der Waals surface area contributed by atoms with Crippen LogP contribution in [0.1, 0.15) is 0 Å². The van der Waals surface area contributed by atoms with E-state index in [1.54, 1.807) is 18.2 Å². The molecule has 1 rings (SSSR count). The van der Waals surface area contributed by atoms with Crippen molar-refractivity contribution in [2.45, 2.75) is 4.90 Å². The molecule has 60 valence electrons. The molecule has 1 N–H and O–H groups in total. The molecule has 0 unspecified atom stereocenters. The molecular formula is C6H9InO3S. The van der Waals surface area contributed by atoms with Crippen molar-refractivity contribution < 1.29 is 13.0 Å². The molecule has 0 radical (unpaired) electrons. The van der Waals surface area contributed by atoms with E-state index in [1.165, 1.54) is 12.1 Å². The first-order chi connectivity index (χ1) is 4.61. The van der Waals surface area contributed by atoms with E-state index < -0.39 is 10.1 Å². The number of benzene rings is 1. The second-order valence-electron chi connectivity index (χ2n) is 1.79. The Labute approximate surface area is 84.0 Å². The van der Waals surface area contributed by atoms with E-state index in [-0.39, 0.29) is 30.7 Å². The molecule has 3 nitrogen and oxygen atoms in total. The molecule has 0 heterocycles. The molecule has 1 aromatic carbocycles. The fourth-order valence-corrected chi connectivity index (χ4v) is 1.09. The van der Waals surface area contributed by atoms with Crippen LogP contribution in [0.4, 0.5) is 0 Å². The summed E-state index contributed by atoms with van der Waals surface area (Å²) in [6, 6.07) is 7.42. The first kappa shape index (κ1) is 11.0. The zero-order valence-corrected chi connectivity index (χ0v) is 5.88. The summed E-state index contributed by atoms with van der Waals surface area (Å²) in [5, 5.41) is 0. The van der Waals surface area contributed by atoms with Crippen molar-refractivity contribution in [1.29, 1.82) is 0 Å². The van der Waals surface area contributed by atoms with Crippen LogP contribution in [0.5, 0.6) is 0 Å². The second kappa shape index (κ2) is 4.13. The summed E-state index contributed by atoms with van der Waals surface area (Å²) in [5.74, 6) is 0. The van der Waals surface area contributed by atoms with E-state index in [1.807, 2.05) is 0 Å². The molecule has 0 saturated heterocycles. The average molecular weight is 276 g/mol. The predicted octanol–water partition coefficient (Wildman–Crippen LogP) is -0.251. The SMILES string of the molecule is O=S(=O)(O)c1ccccc1.[InH3]. The number of hydrogen-bond donors (Lipinski definition) is 1. The van der Waals surface area contributed by atoms with E-state index in [0.29, 0.717) is 0 Å². The zero-order chi connectivity index (χ0) is 7.61. The van der Waals surface area contributed by atoms with Gasteiger partial charge in [-0.25, -0.2) is 0 Å². The maximum absolute atomic E-state index is 10.4. The quantitative estimate of drug-likeness (QED) is 0.720. The average Bonchev–Trinajstić information content (AvgIpc) is 1.88. The third-order valence-corrected chi connectivity index (χ3v) is 1.91. The Kier molecular flexibility index (Phi) is 4.13. The number of hydrogen-bond acceptors (Lipinski definition) is 2. The standard InChI is InChI=1S/C6H6O3S.In.3H/c7-10(8,9)6-4-2-1-3-5-6;;;;/h1-5H,(H,7,8,9);;;;. The number of rotatable bonds is 1. The van der Waals surface area contributed by atoms with Gasteiger partial charge in [0, 0.05) is 0 Å². The van der Waals surface area contributed by atoms with Crippen LogP contribution in [0.15, 0.2) is 35.2 Å². The van der Waals surface area contributed by atoms with Crippen molar-refractivity contribution in [1.82, 2.24) is 0 Å². The molecule has 0 atom stereocenters. The summed E-state index contributed by atoms with van der Waals surface area (Å²) in [6.45, 7) is 0. The Morgan fingerprint density at radius 3 is 1.82 bits per heavy atom. The minimum atomic E-state index is -4.00. The van der Waals surface area contributed by atoms with Gasteiger partial charge in [0.1, 0.15) is 0 Å². The summed E-state index contributed by atoms with van der Waals surface area (Å²) >= 11 is 0. The monoisotopic (exact) mass is 276 g/mol. The van der Waals surface area contributed by atoms with Crippen molar-refractivity contribution in [3.63, 3.8) is 0 Å². The molecule has 11 heavy (non-hydrogen) atoms. The van der Waals surface area contributed by atoms with Gasteiger partial charge in [-0.3, -0.25) is 4.55 Å². The Hall–Kier alpha value is 0.000130. The van der Waals surface area contributed by atoms with Crippen LogP contribution in [0.3, 0.4) is 0 Å². The van der Waals surface area contributed by atoms with Crippen molar-refractivity contribution in [2.24, 2.45) is 0 Å². The first-order valence-corrected chi connectivity index (χ1v) is 4.07. The van der Waals surface area contributed by atoms with Gasteiger partial charge in [-0.2, -0.15) is 8.42 Å². The topological polar surface area (TPSA) is 54.4 Å². The van der Waals surface area contributed by atoms with Gasteiger partial charge >= 0.3 is 25.8 Å². The van der Waals surface area contributed by atoms with Gasteiger partial charge in [0.05, 0.1) is 4.90 Å². The van der Waals surface area contributed by atoms with E-state index in [9.17, 15) is 8.42 Å². The van der Waals surface area contributed by atoms with E-state index in [2.05, 4.69) is 0 Å². The Balaban J connectivity index is 0.000001000. The molecule has 5 heteroatoms. The van der Waals surface area contributed by atoms with Gasteiger partial charge < -0.3 is 0 Å². The van der Waals surface area contributed by atoms with Crippen molar-refractivity contribution in [3.8, 4) is 0 Å². The van der Waals surface area contributed by atoms with Gasteiger partial charge in [-0.05, 0) is 12.1 Å². The van der Waals surface area contributed by atoms with E-state index in [4.69, 9.17) is 4.55 Å². The van der Waals surface area contributed by atoms with Crippen molar-refractivity contribution in [2.75, 3.05) is 0 Å². The van der Waals surface area contributed by atoms with Crippen LogP contribution in [0.2, 0.25) is 0 Å². The van der Waals surface area contributed by atoms with Crippen LogP contribution in [0.25, 0.3) is 0 Å². The minimum absolute atomic E-state index is 0. The van der Waals surface area contributed by atoms with Gasteiger partial charge in [-0.1, -0.05) is 18.2 Å². The molecule has 1 aromatic rings. The summed E-state index contributed by atoms with van der Waals surface area (Å²) in [6.07, 6.45) is 0. The molecule has 0 aliphatic carbocycles. The fraction of sp³-hybridized carbons (Fsp3) is 0. The van der Waals surface area contributed by atoms with Crippen LogP contribution in [0, 0.1) is 0 Å². The van der Waals surface area contributed by atoms with E-state index in [0.717, 1.165) is 0 Å². The van der Waals surface area contributed by atoms with Crippen LogP contribution in [-0.2, 0) is 10.1 Å². The second-order valence-corrected chi connectivity index (χ2v) is 3.21. The molecule has 0 bridgehead atoms. The third-order valence-electron chi connectivity index (χ3n) is 1.04. The fourth-order valence-electron chi connectivity index (χ4n) is 0.592. The Morgan fingerprint density at radius 1 is 1.09 bits per heavy atom. The Morgan fingerprint density at radius 2 is 1.55 bits per heavy atom. The molecule has 0 aliphatic heterocycles. The predicted molar refractivity (Wildman–Crippen MR) is 46.2 cm³/mol. The van der Waals surface area contributed by atoms with Crippen molar-refractivity contribution >= 4 is 36.0 Å². The Bertz CT molecular complexity index is 306. The third kappa shape index (κ3) is 3.27. The van der Waals surface area contributed by atoms with Gasteiger partial charge in [0.2, 0.25) is 0 Å². The molecule has 0 fully saturated rings. The van der Waals surface area contributed by atoms with Crippen LogP contribution >= 0.6 is 0 Å². The molecule has 0 aliphatic rings. The van der Waals surface area contributed by atoms with Gasteiger partial charge in [-0.15, -0.1) is 0 Å². The van der Waals surface area contributed by atoms with Gasteiger partial charge in [0.15, 0.2) is 0 Å². The first-order valence-electron chi connectivity index (χ1n) is 2.63. The molecule has 0 spiro atoms.